The number of halogens is 2. The molecule has 0 spiro atoms. The highest BCUT2D eigenvalue weighted by Crippen LogP contribution is 2.12. The molecule has 64 valence electrons. The summed E-state index contributed by atoms with van der Waals surface area (Å²) in [6, 6.07) is 1.43. The maximum Gasteiger partial charge on any atom is 0.135 e. The summed E-state index contributed by atoms with van der Waals surface area (Å²) in [4.78, 5) is 10.2. The van der Waals surface area contributed by atoms with E-state index in [9.17, 15) is 18.7 Å². The van der Waals surface area contributed by atoms with Gasteiger partial charge in [-0.2, -0.15) is 0 Å². The molecule has 12 heavy (non-hydrogen) atoms. The molecular formula is C8H5F2O2-. The third-order valence-electron chi connectivity index (χ3n) is 1.47. The molecule has 0 saturated carbocycles. The zero-order valence-electron chi connectivity index (χ0n) is 6.23. The summed E-state index contributed by atoms with van der Waals surface area (Å²) in [5.41, 5.74) is -0.537. The van der Waals surface area contributed by atoms with Crippen molar-refractivity contribution < 1.29 is 18.7 Å². The number of carboxylic acid groups (broad SMARTS) is 1. The van der Waals surface area contributed by atoms with E-state index in [0.717, 1.165) is 6.07 Å². The van der Waals surface area contributed by atoms with Crippen LogP contribution in [0.3, 0.4) is 0 Å². The molecule has 0 atom stereocenters. The highest BCUT2D eigenvalue weighted by molar-refractivity contribution is 5.86. The third kappa shape index (κ3) is 1.42. The fourth-order valence-corrected chi connectivity index (χ4v) is 0.814. The Morgan fingerprint density at radius 2 is 1.92 bits per heavy atom. The first-order valence-electron chi connectivity index (χ1n) is 3.19. The van der Waals surface area contributed by atoms with Crippen LogP contribution in [0.2, 0.25) is 0 Å². The number of aromatic carboxylic acids is 1. The number of hydrogen-bond acceptors (Lipinski definition) is 2. The maximum absolute atomic E-state index is 12.6. The van der Waals surface area contributed by atoms with Crippen molar-refractivity contribution in [1.29, 1.82) is 0 Å². The first-order chi connectivity index (χ1) is 5.52. The number of rotatable bonds is 1. The largest absolute Gasteiger partial charge is 0.545 e. The lowest BCUT2D eigenvalue weighted by atomic mass is 10.1. The van der Waals surface area contributed by atoms with E-state index in [-0.39, 0.29) is 5.56 Å². The van der Waals surface area contributed by atoms with Crippen molar-refractivity contribution in [2.75, 3.05) is 0 Å². The minimum Gasteiger partial charge on any atom is -0.545 e. The lowest BCUT2D eigenvalue weighted by Gasteiger charge is -2.05. The highest BCUT2D eigenvalue weighted by Gasteiger charge is 2.06. The second-order valence-corrected chi connectivity index (χ2v) is 2.37. The van der Waals surface area contributed by atoms with Crippen LogP contribution < -0.4 is 5.11 Å². The Morgan fingerprint density at radius 3 is 2.42 bits per heavy atom. The second-order valence-electron chi connectivity index (χ2n) is 2.37. The molecule has 0 aliphatic heterocycles. The molecule has 0 aliphatic carbocycles. The molecule has 0 saturated heterocycles. The molecule has 0 aromatic heterocycles. The van der Waals surface area contributed by atoms with Gasteiger partial charge in [0, 0.05) is 11.6 Å². The second kappa shape index (κ2) is 2.89. The first kappa shape index (κ1) is 8.64. The summed E-state index contributed by atoms with van der Waals surface area (Å²) in [7, 11) is 0. The minimum absolute atomic E-state index is 0.0793. The van der Waals surface area contributed by atoms with Crippen LogP contribution in [-0.2, 0) is 0 Å². The van der Waals surface area contributed by atoms with Crippen LogP contribution in [0.1, 0.15) is 15.9 Å². The van der Waals surface area contributed by atoms with Gasteiger partial charge in [-0.15, -0.1) is 0 Å². The van der Waals surface area contributed by atoms with Crippen molar-refractivity contribution in [2.45, 2.75) is 6.92 Å². The molecule has 0 fully saturated rings. The van der Waals surface area contributed by atoms with E-state index in [1.54, 1.807) is 0 Å². The maximum atomic E-state index is 12.6. The fourth-order valence-electron chi connectivity index (χ4n) is 0.814. The number of carbonyl (C=O) groups is 1. The van der Waals surface area contributed by atoms with Gasteiger partial charge in [0.2, 0.25) is 0 Å². The van der Waals surface area contributed by atoms with E-state index in [2.05, 4.69) is 0 Å². The molecule has 0 aliphatic rings. The summed E-state index contributed by atoms with van der Waals surface area (Å²) in [5, 5.41) is 10.2. The van der Waals surface area contributed by atoms with Gasteiger partial charge in [0.05, 0.1) is 5.97 Å². The van der Waals surface area contributed by atoms with E-state index in [1.165, 1.54) is 6.92 Å². The molecule has 0 bridgehead atoms. The van der Waals surface area contributed by atoms with Gasteiger partial charge in [0.25, 0.3) is 0 Å². The van der Waals surface area contributed by atoms with Crippen LogP contribution >= 0.6 is 0 Å². The average molecular weight is 171 g/mol. The Labute approximate surface area is 67.4 Å². The summed E-state index contributed by atoms with van der Waals surface area (Å²) < 4.78 is 25.2. The van der Waals surface area contributed by atoms with Gasteiger partial charge in [-0.3, -0.25) is 0 Å². The van der Waals surface area contributed by atoms with E-state index in [1.807, 2.05) is 0 Å². The quantitative estimate of drug-likeness (QED) is 0.622. The molecule has 0 amide bonds. The van der Waals surface area contributed by atoms with E-state index >= 15 is 0 Å². The molecule has 2 nitrogen and oxygen atoms in total. The van der Waals surface area contributed by atoms with Crippen LogP contribution in [-0.4, -0.2) is 5.97 Å². The van der Waals surface area contributed by atoms with E-state index in [0.29, 0.717) is 6.07 Å². The first-order valence-corrected chi connectivity index (χ1v) is 3.19. The smallest absolute Gasteiger partial charge is 0.135 e. The molecule has 4 heteroatoms. The van der Waals surface area contributed by atoms with Crippen LogP contribution in [0.4, 0.5) is 8.78 Å². The third-order valence-corrected chi connectivity index (χ3v) is 1.47. The van der Waals surface area contributed by atoms with Gasteiger partial charge in [0.15, 0.2) is 0 Å². The van der Waals surface area contributed by atoms with Gasteiger partial charge in [0.1, 0.15) is 11.6 Å². The van der Waals surface area contributed by atoms with Crippen molar-refractivity contribution in [3.05, 3.63) is 34.9 Å². The Hall–Kier alpha value is -1.45. The monoisotopic (exact) mass is 171 g/mol. The standard InChI is InChI=1S/C8H6F2O2/c1-4-2-5(8(11)12)7(10)3-6(4)9/h2-3H,1H3,(H,11,12)/p-1. The lowest BCUT2D eigenvalue weighted by molar-refractivity contribution is -0.255. The summed E-state index contributed by atoms with van der Waals surface area (Å²) in [5.74, 6) is -3.52. The Bertz CT molecular complexity index is 334. The fraction of sp³-hybridized carbons (Fsp3) is 0.125. The Kier molecular flexibility index (Phi) is 2.08. The molecular weight excluding hydrogens is 166 g/mol. The SMILES string of the molecule is Cc1cc(C(=O)[O-])c(F)cc1F. The number of benzene rings is 1. The molecule has 1 rings (SSSR count). The number of carbonyl (C=O) groups excluding carboxylic acids is 1. The topological polar surface area (TPSA) is 40.1 Å². The summed E-state index contributed by atoms with van der Waals surface area (Å²) in [6.45, 7) is 1.35. The molecule has 0 heterocycles. The van der Waals surface area contributed by atoms with Crippen LogP contribution in [0.15, 0.2) is 12.1 Å². The van der Waals surface area contributed by atoms with Gasteiger partial charge < -0.3 is 9.90 Å². The van der Waals surface area contributed by atoms with E-state index < -0.39 is 23.2 Å². The van der Waals surface area contributed by atoms with Gasteiger partial charge in [-0.1, -0.05) is 0 Å². The Morgan fingerprint density at radius 1 is 1.33 bits per heavy atom. The van der Waals surface area contributed by atoms with Gasteiger partial charge >= 0.3 is 0 Å². The van der Waals surface area contributed by atoms with Crippen LogP contribution in [0.5, 0.6) is 0 Å². The normalized spacial score (nSPS) is 9.92. The average Bonchev–Trinajstić information content (AvgIpc) is 1.96. The van der Waals surface area contributed by atoms with Crippen molar-refractivity contribution in [3.63, 3.8) is 0 Å². The predicted molar refractivity (Wildman–Crippen MR) is 35.4 cm³/mol. The number of aryl methyl sites for hydroxylation is 1. The van der Waals surface area contributed by atoms with Crippen molar-refractivity contribution in [2.24, 2.45) is 0 Å². The molecule has 1 aromatic carbocycles. The van der Waals surface area contributed by atoms with E-state index in [4.69, 9.17) is 0 Å². The lowest BCUT2D eigenvalue weighted by Crippen LogP contribution is -2.23. The predicted octanol–water partition coefficient (Wildman–Crippen LogP) is 0.637. The number of carboxylic acids is 1. The summed E-state index contributed by atoms with van der Waals surface area (Å²) in [6.07, 6.45) is 0. The molecule has 1 aromatic rings. The summed E-state index contributed by atoms with van der Waals surface area (Å²) >= 11 is 0. The molecule has 0 unspecified atom stereocenters. The Balaban J connectivity index is 3.33. The number of hydrogen-bond donors (Lipinski definition) is 0. The minimum atomic E-state index is -1.64. The van der Waals surface area contributed by atoms with Crippen molar-refractivity contribution in [3.8, 4) is 0 Å². The molecule has 0 N–H and O–H groups in total. The van der Waals surface area contributed by atoms with Crippen molar-refractivity contribution in [1.82, 2.24) is 0 Å². The highest BCUT2D eigenvalue weighted by atomic mass is 19.1. The van der Waals surface area contributed by atoms with Crippen LogP contribution in [0, 0.1) is 18.6 Å². The zero-order chi connectivity index (χ0) is 9.30. The van der Waals surface area contributed by atoms with Crippen molar-refractivity contribution >= 4 is 5.97 Å². The zero-order valence-corrected chi connectivity index (χ0v) is 6.23. The van der Waals surface area contributed by atoms with Gasteiger partial charge in [-0.25, -0.2) is 8.78 Å². The molecule has 0 radical (unpaired) electrons. The van der Waals surface area contributed by atoms with Gasteiger partial charge in [-0.05, 0) is 18.6 Å². The van der Waals surface area contributed by atoms with Crippen LogP contribution in [0.25, 0.3) is 0 Å².